The zero-order valence-electron chi connectivity index (χ0n) is 48.7. The molecule has 0 unspecified atom stereocenters. The van der Waals surface area contributed by atoms with Gasteiger partial charge in [0, 0.05) is 58.3 Å². The Bertz CT molecular complexity index is 4120. The van der Waals surface area contributed by atoms with Crippen LogP contribution in [0.5, 0.6) is 11.5 Å². The van der Waals surface area contributed by atoms with Crippen molar-refractivity contribution in [2.24, 2.45) is 0 Å². The molecule has 3 heterocycles. The van der Waals surface area contributed by atoms with Gasteiger partial charge in [-0.2, -0.15) is 0 Å². The van der Waals surface area contributed by atoms with Crippen molar-refractivity contribution in [3.63, 3.8) is 0 Å². The molecule has 0 radical (unpaired) electrons. The van der Waals surface area contributed by atoms with Gasteiger partial charge in [0.25, 0.3) is 5.69 Å². The van der Waals surface area contributed by atoms with E-state index in [0.717, 1.165) is 56.5 Å². The number of hydrogen-bond donors (Lipinski definition) is 0. The predicted molar refractivity (Wildman–Crippen MR) is 344 cm³/mol. The van der Waals surface area contributed by atoms with Gasteiger partial charge in [0.05, 0.1) is 17.1 Å². The number of benzene rings is 9. The summed E-state index contributed by atoms with van der Waals surface area (Å²) in [6, 6.07) is 88.7. The van der Waals surface area contributed by atoms with Crippen molar-refractivity contribution in [2.45, 2.75) is 97.8 Å². The third-order valence-corrected chi connectivity index (χ3v) is 21.5. The molecule has 12 rings (SSSR count). The second kappa shape index (κ2) is 20.1. The van der Waals surface area contributed by atoms with Crippen LogP contribution >= 0.6 is 0 Å². The Kier molecular flexibility index (Phi) is 13.2. The molecular weight excluding hydrogens is 1000 g/mol. The molecule has 6 heteroatoms. The highest BCUT2D eigenvalue weighted by Crippen LogP contribution is 2.47. The van der Waals surface area contributed by atoms with Gasteiger partial charge in [-0.05, 0) is 105 Å². The lowest BCUT2D eigenvalue weighted by Crippen LogP contribution is -2.74. The number of hydrogen-bond acceptors (Lipinski definition) is 2. The average molecular weight is 1070 g/mol. The van der Waals surface area contributed by atoms with Gasteiger partial charge < -0.3 is 4.74 Å². The molecule has 0 atom stereocenters. The third kappa shape index (κ3) is 9.56. The minimum Gasteiger partial charge on any atom is -0.457 e. The summed E-state index contributed by atoms with van der Waals surface area (Å²) in [5.41, 5.74) is 12.0. The highest BCUT2D eigenvalue weighted by molar-refractivity contribution is 7.20. The summed E-state index contributed by atoms with van der Waals surface area (Å²) in [5.74, 6) is 2.32. The van der Waals surface area contributed by atoms with Crippen LogP contribution in [0.25, 0.3) is 27.6 Å². The molecule has 400 valence electrons. The number of fused-ring (bicyclic) bond motifs is 4. The number of pyridine rings is 1. The first-order valence-electron chi connectivity index (χ1n) is 28.5. The number of rotatable bonds is 11. The zero-order chi connectivity index (χ0) is 56.5. The molecule has 5 nitrogen and oxygen atoms in total. The Morgan fingerprint density at radius 2 is 0.975 bits per heavy atom. The van der Waals surface area contributed by atoms with Crippen LogP contribution in [0.3, 0.4) is 0 Å². The van der Waals surface area contributed by atoms with E-state index in [9.17, 15) is 0 Å². The van der Waals surface area contributed by atoms with Gasteiger partial charge in [-0.15, -0.1) is 0 Å². The van der Waals surface area contributed by atoms with Crippen molar-refractivity contribution >= 4 is 79.4 Å². The summed E-state index contributed by atoms with van der Waals surface area (Å²) < 4.78 is 13.9. The molecule has 0 saturated heterocycles. The van der Waals surface area contributed by atoms with Crippen LogP contribution in [-0.4, -0.2) is 23.6 Å². The molecule has 9 aromatic carbocycles. The fourth-order valence-electron chi connectivity index (χ4n) is 12.1. The molecule has 0 saturated carbocycles. The monoisotopic (exact) mass is 1070 g/mol. The molecule has 2 aromatic heterocycles. The van der Waals surface area contributed by atoms with E-state index in [1.54, 1.807) is 0 Å². The molecule has 0 fully saturated rings. The fourth-order valence-corrected chi connectivity index (χ4v) is 16.9. The SMILES string of the molecule is CC(C)(C)c1cc([N+]2=C=[N+](c3cccc(Oc4ccc5c6cc([Si](c7ccccc7)(c7ccccc7)c7ccccc7)ccc6n(-c6cc(C(C)(C)C)ccn6)c5c4)c3)c3cccc(C(C)(C)c4ccccc4)c32)cc(C(C)(C)C)c1. The molecule has 81 heavy (non-hydrogen) atoms. The highest BCUT2D eigenvalue weighted by atomic mass is 28.3. The molecule has 0 N–H and O–H groups in total. The third-order valence-electron chi connectivity index (χ3n) is 16.7. The first-order chi connectivity index (χ1) is 38.8. The second-order valence-corrected chi connectivity index (χ2v) is 29.4. The Labute approximate surface area is 479 Å². The van der Waals surface area contributed by atoms with E-state index in [1.165, 1.54) is 54.0 Å². The van der Waals surface area contributed by atoms with Crippen LogP contribution in [0, 0.1) is 0 Å². The summed E-state index contributed by atoms with van der Waals surface area (Å²) in [6.45, 7) is 25.3. The smallest absolute Gasteiger partial charge is 0.457 e. The number of aromatic nitrogens is 2. The molecule has 0 spiro atoms. The van der Waals surface area contributed by atoms with Gasteiger partial charge in [-0.25, -0.2) is 4.98 Å². The van der Waals surface area contributed by atoms with E-state index in [0.29, 0.717) is 0 Å². The van der Waals surface area contributed by atoms with Gasteiger partial charge in [0.15, 0.2) is 8.07 Å². The lowest BCUT2D eigenvalue weighted by atomic mass is 9.77. The van der Waals surface area contributed by atoms with Crippen LogP contribution < -0.4 is 34.6 Å². The van der Waals surface area contributed by atoms with Crippen LogP contribution in [0.2, 0.25) is 0 Å². The van der Waals surface area contributed by atoms with Crippen LogP contribution in [0.15, 0.2) is 237 Å². The number of ether oxygens (including phenoxy) is 1. The van der Waals surface area contributed by atoms with Crippen molar-refractivity contribution in [3.05, 3.63) is 265 Å². The summed E-state index contributed by atoms with van der Waals surface area (Å²) in [7, 11) is -2.84. The number of para-hydroxylation sites is 1. The highest BCUT2D eigenvalue weighted by Gasteiger charge is 2.45. The van der Waals surface area contributed by atoms with E-state index in [2.05, 4.69) is 326 Å². The zero-order valence-corrected chi connectivity index (χ0v) is 49.7. The summed E-state index contributed by atoms with van der Waals surface area (Å²) in [5, 5.41) is 7.62. The Balaban J connectivity index is 1.02. The van der Waals surface area contributed by atoms with Gasteiger partial charge in [-0.3, -0.25) is 4.57 Å². The summed E-state index contributed by atoms with van der Waals surface area (Å²) in [6.07, 6.45) is 1.95. The van der Waals surface area contributed by atoms with Gasteiger partial charge in [0.1, 0.15) is 17.3 Å². The van der Waals surface area contributed by atoms with Crippen molar-refractivity contribution in [2.75, 3.05) is 0 Å². The largest absolute Gasteiger partial charge is 0.503 e. The minimum atomic E-state index is -2.84. The molecule has 1 aliphatic rings. The fraction of sp³-hybridized carbons (Fsp3) is 0.200. The van der Waals surface area contributed by atoms with Crippen LogP contribution in [0.1, 0.15) is 104 Å². The first kappa shape index (κ1) is 53.0. The van der Waals surface area contributed by atoms with Crippen LogP contribution in [-0.2, 0) is 21.7 Å². The normalized spacial score (nSPS) is 13.1. The maximum atomic E-state index is 7.05. The quantitative estimate of drug-likeness (QED) is 0.0735. The van der Waals surface area contributed by atoms with Crippen LogP contribution in [0.4, 0.5) is 22.7 Å². The Morgan fingerprint density at radius 3 is 1.57 bits per heavy atom. The summed E-state index contributed by atoms with van der Waals surface area (Å²) in [4.78, 5) is 5.11. The lowest BCUT2D eigenvalue weighted by Gasteiger charge is -2.34. The van der Waals surface area contributed by atoms with Gasteiger partial charge >= 0.3 is 11.7 Å². The van der Waals surface area contributed by atoms with Gasteiger partial charge in [-0.1, -0.05) is 234 Å². The predicted octanol–water partition coefficient (Wildman–Crippen LogP) is 16.4. The molecular formula is C75H72N4OSi+2. The van der Waals surface area contributed by atoms with Crippen molar-refractivity contribution in [1.29, 1.82) is 0 Å². The van der Waals surface area contributed by atoms with Crippen molar-refractivity contribution in [3.8, 4) is 17.3 Å². The average Bonchev–Trinajstić information content (AvgIpc) is 3.89. The molecule has 0 bridgehead atoms. The van der Waals surface area contributed by atoms with E-state index >= 15 is 0 Å². The molecule has 0 aliphatic carbocycles. The minimum absolute atomic E-state index is 0.0689. The van der Waals surface area contributed by atoms with E-state index in [4.69, 9.17) is 9.72 Å². The Morgan fingerprint density at radius 1 is 0.407 bits per heavy atom. The molecule has 11 aromatic rings. The molecule has 1 aliphatic heterocycles. The van der Waals surface area contributed by atoms with E-state index in [1.807, 2.05) is 6.20 Å². The number of nitrogens with zero attached hydrogens (tertiary/aromatic N) is 4. The van der Waals surface area contributed by atoms with Gasteiger partial charge in [0.2, 0.25) is 11.4 Å². The second-order valence-electron chi connectivity index (χ2n) is 25.6. The lowest BCUT2D eigenvalue weighted by molar-refractivity contribution is 0.483. The standard InChI is InChI=1S/C75H72N4OSi/c1-72(2,3)53-42-43-76-70(47-53)79-67-41-39-63(81(60-30-18-13-19-31-60,61-32-20-14-21-33-61)62-34-22-15-23-35-62)50-65(67)64-40-38-59(49-69(64)79)80-58-29-24-28-56(48-58)77-51-78(57-45-54(73(4,5)6)44-55(46-57)74(7,8)9)71-66(36-25-37-68(71)77)75(10,11)52-26-16-12-17-27-52/h12-50H,1-11H3/q+2. The van der Waals surface area contributed by atoms with Crippen molar-refractivity contribution < 1.29 is 4.74 Å². The maximum Gasteiger partial charge on any atom is 0.503 e. The van der Waals surface area contributed by atoms with E-state index in [-0.39, 0.29) is 21.7 Å². The Hall–Kier alpha value is -8.67. The molecule has 0 amide bonds. The van der Waals surface area contributed by atoms with Crippen molar-refractivity contribution in [1.82, 2.24) is 18.7 Å². The maximum absolute atomic E-state index is 7.05. The first-order valence-corrected chi connectivity index (χ1v) is 30.5. The summed E-state index contributed by atoms with van der Waals surface area (Å²) >= 11 is 0. The van der Waals surface area contributed by atoms with E-state index < -0.39 is 8.07 Å². The topological polar surface area (TPSA) is 33.1 Å².